The Morgan fingerprint density at radius 1 is 0.300 bits per heavy atom. The van der Waals surface area contributed by atoms with Crippen LogP contribution in [0.25, 0.3) is 53.9 Å². The van der Waals surface area contributed by atoms with E-state index in [0.717, 1.165) is 21.5 Å². The summed E-state index contributed by atoms with van der Waals surface area (Å²) in [5.41, 5.74) is -0.834. The lowest BCUT2D eigenvalue weighted by molar-refractivity contribution is 1.61. The highest BCUT2D eigenvalue weighted by Crippen LogP contribution is 2.35. The molecule has 30 heavy (non-hydrogen) atoms. The lowest BCUT2D eigenvalue weighted by Crippen LogP contribution is -2.10. The van der Waals surface area contributed by atoms with Gasteiger partial charge in [0.2, 0.25) is 0 Å². The molecular weight excluding hydrogens is 376 g/mol. The molecule has 0 fully saturated rings. The van der Waals surface area contributed by atoms with Crippen molar-refractivity contribution in [2.45, 2.75) is 0 Å². The molecule has 0 saturated heterocycles. The summed E-state index contributed by atoms with van der Waals surface area (Å²) in [7, 11) is 0. The molecular formula is C26H12O4. The molecule has 0 amide bonds. The van der Waals surface area contributed by atoms with Crippen LogP contribution < -0.4 is 21.7 Å². The maximum atomic E-state index is 12.7. The monoisotopic (exact) mass is 388 g/mol. The van der Waals surface area contributed by atoms with Gasteiger partial charge in [-0.1, -0.05) is 36.4 Å². The Hall–Kier alpha value is -4.18. The van der Waals surface area contributed by atoms with Crippen LogP contribution in [0.1, 0.15) is 0 Å². The minimum Gasteiger partial charge on any atom is -0.289 e. The summed E-state index contributed by atoms with van der Waals surface area (Å²) in [6.07, 6.45) is 0. The minimum atomic E-state index is -0.216. The summed E-state index contributed by atoms with van der Waals surface area (Å²) in [6.45, 7) is 0. The SMILES string of the molecule is O=c1ccc(=O)c2c1ccc1ccc3c(ccc4ccc5c(=O)ccc(=O)c5c43)c12. The quantitative estimate of drug-likeness (QED) is 0.372. The number of benzene rings is 6. The van der Waals surface area contributed by atoms with E-state index in [0.29, 0.717) is 32.3 Å². The van der Waals surface area contributed by atoms with Gasteiger partial charge in [-0.3, -0.25) is 19.2 Å². The summed E-state index contributed by atoms with van der Waals surface area (Å²) < 4.78 is 0. The molecule has 0 spiro atoms. The van der Waals surface area contributed by atoms with Crippen LogP contribution in [0.5, 0.6) is 0 Å². The molecule has 0 N–H and O–H groups in total. The zero-order valence-corrected chi connectivity index (χ0v) is 15.6. The van der Waals surface area contributed by atoms with Crippen LogP contribution in [0.15, 0.2) is 92.0 Å². The standard InChI is InChI=1S/C26H12O4/c27-19-9-11-21(29)25-17(19)7-3-13-1-5-15-16(23(13)25)6-2-14-4-8-18-20(28)10-12-22(30)26(18)24(14)15/h1-12H. The average molecular weight is 388 g/mol. The van der Waals surface area contributed by atoms with Gasteiger partial charge in [-0.25, -0.2) is 0 Å². The predicted molar refractivity (Wildman–Crippen MR) is 121 cm³/mol. The van der Waals surface area contributed by atoms with E-state index in [9.17, 15) is 19.2 Å². The first-order valence-corrected chi connectivity index (χ1v) is 9.53. The Kier molecular flexibility index (Phi) is 3.17. The first-order valence-electron chi connectivity index (χ1n) is 9.53. The highest BCUT2D eigenvalue weighted by molar-refractivity contribution is 6.28. The van der Waals surface area contributed by atoms with Gasteiger partial charge in [-0.15, -0.1) is 0 Å². The number of hydrogen-bond donors (Lipinski definition) is 0. The molecule has 0 radical (unpaired) electrons. The van der Waals surface area contributed by atoms with Crippen LogP contribution in [0, 0.1) is 0 Å². The van der Waals surface area contributed by atoms with Gasteiger partial charge in [0.15, 0.2) is 21.7 Å². The maximum absolute atomic E-state index is 12.7. The van der Waals surface area contributed by atoms with Gasteiger partial charge in [-0.05, 0) is 57.9 Å². The molecule has 0 unspecified atom stereocenters. The van der Waals surface area contributed by atoms with Crippen molar-refractivity contribution in [2.75, 3.05) is 0 Å². The Labute approximate surface area is 167 Å². The molecule has 0 saturated carbocycles. The van der Waals surface area contributed by atoms with Crippen LogP contribution in [0.2, 0.25) is 0 Å². The zero-order chi connectivity index (χ0) is 20.6. The fourth-order valence-corrected chi connectivity index (χ4v) is 4.63. The zero-order valence-electron chi connectivity index (χ0n) is 15.6. The van der Waals surface area contributed by atoms with Crippen LogP contribution >= 0.6 is 0 Å². The molecule has 140 valence electrons. The van der Waals surface area contributed by atoms with Crippen LogP contribution in [-0.4, -0.2) is 0 Å². The highest BCUT2D eigenvalue weighted by atomic mass is 16.1. The van der Waals surface area contributed by atoms with Crippen molar-refractivity contribution in [1.29, 1.82) is 0 Å². The fraction of sp³-hybridized carbons (Fsp3) is 0. The van der Waals surface area contributed by atoms with Crippen molar-refractivity contribution in [3.8, 4) is 0 Å². The third kappa shape index (κ3) is 2.05. The third-order valence-electron chi connectivity index (χ3n) is 5.96. The molecule has 0 aromatic heterocycles. The summed E-state index contributed by atoms with van der Waals surface area (Å²) >= 11 is 0. The van der Waals surface area contributed by atoms with Gasteiger partial charge in [0.25, 0.3) is 0 Å². The normalized spacial score (nSPS) is 11.9. The first kappa shape index (κ1) is 16.7. The van der Waals surface area contributed by atoms with Gasteiger partial charge in [0.1, 0.15) is 0 Å². The summed E-state index contributed by atoms with van der Waals surface area (Å²) in [5.74, 6) is 0. The van der Waals surface area contributed by atoms with E-state index in [4.69, 9.17) is 0 Å². The van der Waals surface area contributed by atoms with Crippen molar-refractivity contribution < 1.29 is 0 Å². The molecule has 6 rings (SSSR count). The third-order valence-corrected chi connectivity index (χ3v) is 5.96. The van der Waals surface area contributed by atoms with Crippen LogP contribution in [0.3, 0.4) is 0 Å². The molecule has 6 aromatic rings. The maximum Gasteiger partial charge on any atom is 0.187 e. The molecule has 6 aromatic carbocycles. The number of rotatable bonds is 0. The van der Waals surface area contributed by atoms with Crippen molar-refractivity contribution in [2.24, 2.45) is 0 Å². The second-order valence-electron chi connectivity index (χ2n) is 7.52. The van der Waals surface area contributed by atoms with Crippen molar-refractivity contribution in [3.63, 3.8) is 0 Å². The van der Waals surface area contributed by atoms with Crippen LogP contribution in [-0.2, 0) is 0 Å². The van der Waals surface area contributed by atoms with Gasteiger partial charge in [-0.2, -0.15) is 0 Å². The second-order valence-corrected chi connectivity index (χ2v) is 7.52. The highest BCUT2D eigenvalue weighted by Gasteiger charge is 2.14. The Morgan fingerprint density at radius 2 is 0.633 bits per heavy atom. The number of hydrogen-bond acceptors (Lipinski definition) is 4. The minimum absolute atomic E-state index is 0.201. The van der Waals surface area contributed by atoms with Gasteiger partial charge in [0, 0.05) is 32.3 Å². The summed E-state index contributed by atoms with van der Waals surface area (Å²) in [4.78, 5) is 50.2. The van der Waals surface area contributed by atoms with Gasteiger partial charge in [0.05, 0.1) is 0 Å². The topological polar surface area (TPSA) is 68.3 Å². The molecule has 4 heteroatoms. The van der Waals surface area contributed by atoms with Crippen LogP contribution in [0.4, 0.5) is 0 Å². The molecule has 0 aliphatic rings. The van der Waals surface area contributed by atoms with Crippen molar-refractivity contribution in [3.05, 3.63) is 114 Å². The Balaban J connectivity index is 2.00. The molecule has 4 nitrogen and oxygen atoms in total. The largest absolute Gasteiger partial charge is 0.289 e. The van der Waals surface area contributed by atoms with Crippen molar-refractivity contribution >= 4 is 53.9 Å². The van der Waals surface area contributed by atoms with E-state index in [-0.39, 0.29) is 21.7 Å². The Morgan fingerprint density at radius 3 is 1.03 bits per heavy atom. The molecule has 0 atom stereocenters. The van der Waals surface area contributed by atoms with Crippen molar-refractivity contribution in [1.82, 2.24) is 0 Å². The molecule has 0 aliphatic carbocycles. The Bertz CT molecular complexity index is 1780. The second kappa shape index (κ2) is 5.67. The fourth-order valence-electron chi connectivity index (χ4n) is 4.63. The van der Waals surface area contributed by atoms with E-state index in [1.165, 1.54) is 24.3 Å². The van der Waals surface area contributed by atoms with E-state index < -0.39 is 0 Å². The van der Waals surface area contributed by atoms with E-state index in [2.05, 4.69) is 0 Å². The summed E-state index contributed by atoms with van der Waals surface area (Å²) in [6, 6.07) is 19.8. The smallest absolute Gasteiger partial charge is 0.187 e. The van der Waals surface area contributed by atoms with E-state index in [1.54, 1.807) is 12.1 Å². The van der Waals surface area contributed by atoms with Gasteiger partial charge >= 0.3 is 0 Å². The lowest BCUT2D eigenvalue weighted by Gasteiger charge is -2.11. The summed E-state index contributed by atoms with van der Waals surface area (Å²) in [5, 5.41) is 6.14. The van der Waals surface area contributed by atoms with E-state index in [1.807, 2.05) is 36.4 Å². The molecule has 0 aliphatic heterocycles. The lowest BCUT2D eigenvalue weighted by atomic mass is 9.91. The average Bonchev–Trinajstić information content (AvgIpc) is 2.77. The predicted octanol–water partition coefficient (Wildman–Crippen LogP) is 3.77. The first-order chi connectivity index (χ1) is 14.5. The van der Waals surface area contributed by atoms with Gasteiger partial charge < -0.3 is 0 Å². The van der Waals surface area contributed by atoms with E-state index >= 15 is 0 Å². The molecule has 0 heterocycles. The molecule has 0 bridgehead atoms. The number of fused-ring (bicyclic) bond motifs is 9.